The van der Waals surface area contributed by atoms with E-state index in [1.165, 1.54) is 32.1 Å². The highest BCUT2D eigenvalue weighted by Gasteiger charge is 2.24. The molecule has 0 radical (unpaired) electrons. The van der Waals surface area contributed by atoms with Crippen LogP contribution in [-0.2, 0) is 9.59 Å². The van der Waals surface area contributed by atoms with E-state index in [0.717, 1.165) is 25.7 Å². The molecule has 0 saturated carbocycles. The maximum absolute atomic E-state index is 10.7. The summed E-state index contributed by atoms with van der Waals surface area (Å²) in [6.07, 6.45) is 15.8. The second-order valence-electron chi connectivity index (χ2n) is 5.54. The molecule has 0 fully saturated rings. The Labute approximate surface area is 128 Å². The highest BCUT2D eigenvalue weighted by atomic mass is 16.4. The summed E-state index contributed by atoms with van der Waals surface area (Å²) in [6, 6.07) is 0. The second kappa shape index (κ2) is 13.7. The van der Waals surface area contributed by atoms with Gasteiger partial charge in [-0.05, 0) is 25.7 Å². The lowest BCUT2D eigenvalue weighted by Crippen LogP contribution is -2.23. The lowest BCUT2D eigenvalue weighted by molar-refractivity contribution is -0.154. The highest BCUT2D eigenvalue weighted by molar-refractivity contribution is 5.92. The number of carbonyl (C=O) groups is 2. The topological polar surface area (TPSA) is 74.6 Å². The lowest BCUT2D eigenvalue weighted by atomic mass is 10.0. The summed E-state index contributed by atoms with van der Waals surface area (Å²) in [5, 5.41) is 17.5. The molecule has 0 aliphatic heterocycles. The van der Waals surface area contributed by atoms with Crippen molar-refractivity contribution in [2.75, 3.05) is 0 Å². The lowest BCUT2D eigenvalue weighted by Gasteiger charge is -2.06. The van der Waals surface area contributed by atoms with E-state index >= 15 is 0 Å². The van der Waals surface area contributed by atoms with Gasteiger partial charge in [-0.3, -0.25) is 9.59 Å². The van der Waals surface area contributed by atoms with Crippen LogP contribution < -0.4 is 0 Å². The minimum absolute atomic E-state index is 0.241. The van der Waals surface area contributed by atoms with Crippen LogP contribution >= 0.6 is 0 Å². The summed E-state index contributed by atoms with van der Waals surface area (Å²) in [7, 11) is 0. The van der Waals surface area contributed by atoms with Crippen LogP contribution in [0.2, 0.25) is 0 Å². The molecule has 0 bridgehead atoms. The molecular formula is C17H30O4. The average molecular weight is 298 g/mol. The van der Waals surface area contributed by atoms with Crippen molar-refractivity contribution in [1.29, 1.82) is 0 Å². The van der Waals surface area contributed by atoms with Gasteiger partial charge < -0.3 is 10.2 Å². The SMILES string of the molecule is CCCC/C=C/CCCCCCCCC(C(=O)O)C(=O)O. The molecule has 0 spiro atoms. The minimum atomic E-state index is -1.24. The van der Waals surface area contributed by atoms with Gasteiger partial charge >= 0.3 is 11.9 Å². The van der Waals surface area contributed by atoms with Crippen molar-refractivity contribution in [3.05, 3.63) is 12.2 Å². The second-order valence-corrected chi connectivity index (χ2v) is 5.54. The predicted octanol–water partition coefficient (Wildman–Crippen LogP) is 4.64. The molecule has 0 aliphatic rings. The first-order valence-corrected chi connectivity index (χ1v) is 8.20. The molecule has 0 aromatic rings. The Morgan fingerprint density at radius 2 is 1.29 bits per heavy atom. The summed E-state index contributed by atoms with van der Waals surface area (Å²) in [6.45, 7) is 2.20. The van der Waals surface area contributed by atoms with Crippen LogP contribution in [-0.4, -0.2) is 22.2 Å². The molecule has 0 rings (SSSR count). The van der Waals surface area contributed by atoms with Gasteiger partial charge in [-0.25, -0.2) is 0 Å². The fraction of sp³-hybridized carbons (Fsp3) is 0.765. The van der Waals surface area contributed by atoms with Crippen molar-refractivity contribution in [3.8, 4) is 0 Å². The Morgan fingerprint density at radius 1 is 0.810 bits per heavy atom. The zero-order valence-electron chi connectivity index (χ0n) is 13.2. The molecule has 0 unspecified atom stereocenters. The molecule has 0 saturated heterocycles. The molecule has 122 valence electrons. The fourth-order valence-electron chi connectivity index (χ4n) is 2.23. The first-order valence-electron chi connectivity index (χ1n) is 8.20. The van der Waals surface area contributed by atoms with Gasteiger partial charge in [0.05, 0.1) is 0 Å². The van der Waals surface area contributed by atoms with Crippen LogP contribution in [0, 0.1) is 5.92 Å². The first-order chi connectivity index (χ1) is 10.1. The van der Waals surface area contributed by atoms with Gasteiger partial charge in [0.2, 0.25) is 0 Å². The number of aliphatic carboxylic acids is 2. The summed E-state index contributed by atoms with van der Waals surface area (Å²) < 4.78 is 0. The molecule has 0 atom stereocenters. The average Bonchev–Trinajstić information content (AvgIpc) is 2.43. The van der Waals surface area contributed by atoms with Crippen LogP contribution in [0.5, 0.6) is 0 Å². The molecule has 0 amide bonds. The maximum atomic E-state index is 10.7. The monoisotopic (exact) mass is 298 g/mol. The van der Waals surface area contributed by atoms with Gasteiger partial charge in [0, 0.05) is 0 Å². The number of unbranched alkanes of at least 4 members (excludes halogenated alkanes) is 8. The van der Waals surface area contributed by atoms with Gasteiger partial charge in [-0.1, -0.05) is 64.0 Å². The number of carboxylic acids is 2. The van der Waals surface area contributed by atoms with E-state index in [9.17, 15) is 9.59 Å². The van der Waals surface area contributed by atoms with Crippen LogP contribution in [0.15, 0.2) is 12.2 Å². The molecule has 0 aromatic heterocycles. The van der Waals surface area contributed by atoms with Crippen molar-refractivity contribution < 1.29 is 19.8 Å². The Balaban J connectivity index is 3.38. The Morgan fingerprint density at radius 3 is 1.81 bits per heavy atom. The predicted molar refractivity (Wildman–Crippen MR) is 84.4 cm³/mol. The molecule has 0 aliphatic carbocycles. The van der Waals surface area contributed by atoms with Gasteiger partial charge in [0.15, 0.2) is 5.92 Å². The van der Waals surface area contributed by atoms with E-state index in [1.54, 1.807) is 0 Å². The van der Waals surface area contributed by atoms with E-state index in [1.807, 2.05) is 0 Å². The highest BCUT2D eigenvalue weighted by Crippen LogP contribution is 2.13. The van der Waals surface area contributed by atoms with E-state index in [-0.39, 0.29) is 6.42 Å². The van der Waals surface area contributed by atoms with E-state index in [0.29, 0.717) is 6.42 Å². The molecule has 0 aromatic carbocycles. The third kappa shape index (κ3) is 12.2. The van der Waals surface area contributed by atoms with Gasteiger partial charge in [0.1, 0.15) is 0 Å². The van der Waals surface area contributed by atoms with Crippen LogP contribution in [0.25, 0.3) is 0 Å². The van der Waals surface area contributed by atoms with Crippen molar-refractivity contribution in [1.82, 2.24) is 0 Å². The maximum Gasteiger partial charge on any atom is 0.317 e. The summed E-state index contributed by atoms with van der Waals surface area (Å²) >= 11 is 0. The molecule has 2 N–H and O–H groups in total. The van der Waals surface area contributed by atoms with Crippen LogP contribution in [0.1, 0.15) is 77.6 Å². The molecular weight excluding hydrogens is 268 g/mol. The largest absolute Gasteiger partial charge is 0.481 e. The number of allylic oxidation sites excluding steroid dienone is 2. The van der Waals surface area contributed by atoms with E-state index in [2.05, 4.69) is 19.1 Å². The number of rotatable bonds is 14. The van der Waals surface area contributed by atoms with Crippen molar-refractivity contribution >= 4 is 11.9 Å². The van der Waals surface area contributed by atoms with Gasteiger partial charge in [0.25, 0.3) is 0 Å². The molecule has 21 heavy (non-hydrogen) atoms. The minimum Gasteiger partial charge on any atom is -0.481 e. The van der Waals surface area contributed by atoms with Gasteiger partial charge in [-0.15, -0.1) is 0 Å². The molecule has 0 heterocycles. The normalized spacial score (nSPS) is 11.3. The smallest absolute Gasteiger partial charge is 0.317 e. The Kier molecular flexibility index (Phi) is 12.8. The van der Waals surface area contributed by atoms with E-state index in [4.69, 9.17) is 10.2 Å². The van der Waals surface area contributed by atoms with Crippen LogP contribution in [0.3, 0.4) is 0 Å². The van der Waals surface area contributed by atoms with Crippen molar-refractivity contribution in [2.45, 2.75) is 77.6 Å². The Hall–Kier alpha value is -1.32. The molecule has 4 heteroatoms. The number of hydrogen-bond donors (Lipinski definition) is 2. The Bertz CT molecular complexity index is 296. The number of carboxylic acid groups (broad SMARTS) is 2. The van der Waals surface area contributed by atoms with Gasteiger partial charge in [-0.2, -0.15) is 0 Å². The van der Waals surface area contributed by atoms with Crippen molar-refractivity contribution in [2.24, 2.45) is 5.92 Å². The summed E-state index contributed by atoms with van der Waals surface area (Å²) in [5.74, 6) is -3.69. The third-order valence-corrected chi connectivity index (χ3v) is 3.60. The standard InChI is InChI=1S/C17H30O4/c1-2-3-4-5-6-7-8-9-10-11-12-13-14-15(16(18)19)17(20)21/h5-6,15H,2-4,7-14H2,1H3,(H,18,19)(H,20,21)/b6-5+. The van der Waals surface area contributed by atoms with E-state index < -0.39 is 17.9 Å². The first kappa shape index (κ1) is 19.7. The zero-order chi connectivity index (χ0) is 15.9. The zero-order valence-corrected chi connectivity index (χ0v) is 13.2. The molecule has 4 nitrogen and oxygen atoms in total. The third-order valence-electron chi connectivity index (χ3n) is 3.60. The summed E-state index contributed by atoms with van der Waals surface area (Å²) in [5.41, 5.74) is 0. The number of hydrogen-bond acceptors (Lipinski definition) is 2. The van der Waals surface area contributed by atoms with Crippen molar-refractivity contribution in [3.63, 3.8) is 0 Å². The van der Waals surface area contributed by atoms with Crippen LogP contribution in [0.4, 0.5) is 0 Å². The fourth-order valence-corrected chi connectivity index (χ4v) is 2.23. The quantitative estimate of drug-likeness (QED) is 0.278. The summed E-state index contributed by atoms with van der Waals surface area (Å²) in [4.78, 5) is 21.4.